The van der Waals surface area contributed by atoms with Gasteiger partial charge in [0.1, 0.15) is 0 Å². The summed E-state index contributed by atoms with van der Waals surface area (Å²) in [5.74, 6) is 0. The summed E-state index contributed by atoms with van der Waals surface area (Å²) in [6.45, 7) is 5.89. The lowest BCUT2D eigenvalue weighted by atomic mass is 10.1. The van der Waals surface area contributed by atoms with Gasteiger partial charge in [0.05, 0.1) is 12.7 Å². The van der Waals surface area contributed by atoms with Crippen LogP contribution in [0.3, 0.4) is 0 Å². The number of anilines is 1. The van der Waals surface area contributed by atoms with Crippen LogP contribution in [0.4, 0.5) is 5.69 Å². The van der Waals surface area contributed by atoms with Crippen molar-refractivity contribution in [1.29, 1.82) is 0 Å². The van der Waals surface area contributed by atoms with E-state index >= 15 is 0 Å². The number of likely N-dealkylation sites (N-methyl/N-ethyl adjacent to an activating group) is 1. The van der Waals surface area contributed by atoms with Crippen molar-refractivity contribution in [2.24, 2.45) is 0 Å². The molecule has 0 saturated carbocycles. The van der Waals surface area contributed by atoms with Crippen molar-refractivity contribution in [3.05, 3.63) is 29.3 Å². The summed E-state index contributed by atoms with van der Waals surface area (Å²) in [5, 5.41) is 0. The summed E-state index contributed by atoms with van der Waals surface area (Å²) in [6, 6.07) is 6.22. The van der Waals surface area contributed by atoms with E-state index < -0.39 is 0 Å². The highest BCUT2D eigenvalue weighted by molar-refractivity contribution is 5.52. The zero-order valence-corrected chi connectivity index (χ0v) is 10.9. The van der Waals surface area contributed by atoms with Crippen LogP contribution in [0.2, 0.25) is 0 Å². The Morgan fingerprint density at radius 3 is 3.06 bits per heavy atom. The number of nitrogens with zero attached hydrogens (tertiary/aromatic N) is 2. The molecule has 1 aromatic rings. The van der Waals surface area contributed by atoms with Crippen molar-refractivity contribution in [2.75, 3.05) is 39.0 Å². The molecule has 98 valence electrons. The molecule has 2 aliphatic rings. The van der Waals surface area contributed by atoms with Gasteiger partial charge in [-0.15, -0.1) is 0 Å². The Morgan fingerprint density at radius 2 is 2.28 bits per heavy atom. The highest BCUT2D eigenvalue weighted by Crippen LogP contribution is 2.27. The van der Waals surface area contributed by atoms with Gasteiger partial charge in [0, 0.05) is 38.4 Å². The van der Waals surface area contributed by atoms with E-state index in [1.807, 2.05) is 12.1 Å². The first-order valence-corrected chi connectivity index (χ1v) is 6.61. The number of benzene rings is 1. The lowest BCUT2D eigenvalue weighted by Gasteiger charge is -2.32. The Morgan fingerprint density at radius 1 is 1.39 bits per heavy atom. The van der Waals surface area contributed by atoms with Gasteiger partial charge in [0.15, 0.2) is 0 Å². The quantitative estimate of drug-likeness (QED) is 0.789. The average Bonchev–Trinajstić information content (AvgIpc) is 2.73. The summed E-state index contributed by atoms with van der Waals surface area (Å²) in [5.41, 5.74) is 9.63. The second kappa shape index (κ2) is 4.88. The third-order valence-corrected chi connectivity index (χ3v) is 3.89. The molecular formula is C14H21N3O. The molecule has 2 heterocycles. The van der Waals surface area contributed by atoms with Crippen LogP contribution in [0, 0.1) is 0 Å². The van der Waals surface area contributed by atoms with Crippen molar-refractivity contribution >= 4 is 5.69 Å². The maximum absolute atomic E-state index is 6.02. The first-order valence-electron chi connectivity index (χ1n) is 6.61. The zero-order chi connectivity index (χ0) is 12.5. The van der Waals surface area contributed by atoms with Gasteiger partial charge in [-0.05, 0) is 24.2 Å². The molecule has 0 aromatic heterocycles. The van der Waals surface area contributed by atoms with E-state index in [0.29, 0.717) is 6.10 Å². The van der Waals surface area contributed by atoms with Crippen LogP contribution in [0.15, 0.2) is 18.2 Å². The minimum atomic E-state index is 0.333. The van der Waals surface area contributed by atoms with Crippen molar-refractivity contribution in [2.45, 2.75) is 19.2 Å². The van der Waals surface area contributed by atoms with Gasteiger partial charge in [-0.1, -0.05) is 12.1 Å². The van der Waals surface area contributed by atoms with Gasteiger partial charge in [-0.2, -0.15) is 0 Å². The van der Waals surface area contributed by atoms with E-state index in [0.717, 1.165) is 45.0 Å². The summed E-state index contributed by atoms with van der Waals surface area (Å²) >= 11 is 0. The monoisotopic (exact) mass is 247 g/mol. The van der Waals surface area contributed by atoms with Crippen LogP contribution < -0.4 is 5.73 Å². The third kappa shape index (κ3) is 2.36. The van der Waals surface area contributed by atoms with E-state index in [2.05, 4.69) is 22.9 Å². The Balaban J connectivity index is 1.62. The largest absolute Gasteiger partial charge is 0.398 e. The first-order chi connectivity index (χ1) is 8.72. The van der Waals surface area contributed by atoms with Crippen LogP contribution in [0.25, 0.3) is 0 Å². The normalized spacial score (nSPS) is 25.3. The summed E-state index contributed by atoms with van der Waals surface area (Å²) in [6.07, 6.45) is 0.333. The third-order valence-electron chi connectivity index (χ3n) is 3.89. The van der Waals surface area contributed by atoms with Gasteiger partial charge in [0.25, 0.3) is 0 Å². The van der Waals surface area contributed by atoms with Gasteiger partial charge >= 0.3 is 0 Å². The molecule has 4 nitrogen and oxygen atoms in total. The maximum atomic E-state index is 6.02. The second-order valence-electron chi connectivity index (χ2n) is 5.41. The highest BCUT2D eigenvalue weighted by Gasteiger charge is 2.25. The smallest absolute Gasteiger partial charge is 0.0829 e. The molecule has 1 aromatic carbocycles. The highest BCUT2D eigenvalue weighted by atomic mass is 16.5. The van der Waals surface area contributed by atoms with Crippen LogP contribution in [0.5, 0.6) is 0 Å². The standard InChI is InChI=1S/C14H21N3O/c1-16-5-6-18-12(8-16)9-17-7-11-3-2-4-14(15)13(11)10-17/h2-4,12H,5-10,15H2,1H3. The number of ether oxygens (including phenoxy) is 1. The number of hydrogen-bond donors (Lipinski definition) is 1. The van der Waals surface area contributed by atoms with Crippen molar-refractivity contribution < 1.29 is 4.74 Å². The fourth-order valence-corrected chi connectivity index (χ4v) is 2.91. The van der Waals surface area contributed by atoms with Gasteiger partial charge in [-0.25, -0.2) is 0 Å². The predicted molar refractivity (Wildman–Crippen MR) is 72.2 cm³/mol. The Hall–Kier alpha value is -1.10. The Labute approximate surface area is 108 Å². The molecule has 1 atom stereocenters. The van der Waals surface area contributed by atoms with Gasteiger partial charge < -0.3 is 15.4 Å². The summed E-state index contributed by atoms with van der Waals surface area (Å²) < 4.78 is 5.82. The lowest BCUT2D eigenvalue weighted by Crippen LogP contribution is -2.45. The molecule has 0 amide bonds. The summed E-state index contributed by atoms with van der Waals surface area (Å²) in [4.78, 5) is 4.77. The molecule has 3 rings (SSSR count). The molecule has 0 aliphatic carbocycles. The number of morpholine rings is 1. The number of nitrogens with two attached hydrogens (primary N) is 1. The average molecular weight is 247 g/mol. The van der Waals surface area contributed by atoms with E-state index in [-0.39, 0.29) is 0 Å². The number of hydrogen-bond acceptors (Lipinski definition) is 4. The molecule has 18 heavy (non-hydrogen) atoms. The molecule has 1 saturated heterocycles. The van der Waals surface area contributed by atoms with Crippen molar-refractivity contribution in [3.63, 3.8) is 0 Å². The molecule has 1 fully saturated rings. The van der Waals surface area contributed by atoms with Crippen LogP contribution in [0.1, 0.15) is 11.1 Å². The summed E-state index contributed by atoms with van der Waals surface area (Å²) in [7, 11) is 2.16. The zero-order valence-electron chi connectivity index (χ0n) is 10.9. The Kier molecular flexibility index (Phi) is 3.24. The number of nitrogen functional groups attached to an aromatic ring is 1. The van der Waals surface area contributed by atoms with E-state index in [1.54, 1.807) is 0 Å². The minimum absolute atomic E-state index is 0.333. The van der Waals surface area contributed by atoms with Crippen molar-refractivity contribution in [3.8, 4) is 0 Å². The molecule has 0 bridgehead atoms. The molecule has 1 unspecified atom stereocenters. The van der Waals surface area contributed by atoms with Gasteiger partial charge in [-0.3, -0.25) is 4.90 Å². The van der Waals surface area contributed by atoms with E-state index in [1.165, 1.54) is 11.1 Å². The molecule has 4 heteroatoms. The van der Waals surface area contributed by atoms with Crippen LogP contribution in [-0.2, 0) is 17.8 Å². The van der Waals surface area contributed by atoms with Crippen LogP contribution >= 0.6 is 0 Å². The maximum Gasteiger partial charge on any atom is 0.0829 e. The molecule has 2 aliphatic heterocycles. The fraction of sp³-hybridized carbons (Fsp3) is 0.571. The first kappa shape index (κ1) is 12.0. The Bertz CT molecular complexity index is 435. The lowest BCUT2D eigenvalue weighted by molar-refractivity contribution is -0.0362. The minimum Gasteiger partial charge on any atom is -0.398 e. The second-order valence-corrected chi connectivity index (χ2v) is 5.41. The predicted octanol–water partition coefficient (Wildman–Crippen LogP) is 0.915. The van der Waals surface area contributed by atoms with Gasteiger partial charge in [0.2, 0.25) is 0 Å². The van der Waals surface area contributed by atoms with E-state index in [9.17, 15) is 0 Å². The number of fused-ring (bicyclic) bond motifs is 1. The molecule has 0 spiro atoms. The molecular weight excluding hydrogens is 226 g/mol. The number of rotatable bonds is 2. The molecule has 2 N–H and O–H groups in total. The van der Waals surface area contributed by atoms with E-state index in [4.69, 9.17) is 10.5 Å². The van der Waals surface area contributed by atoms with Crippen LogP contribution in [-0.4, -0.2) is 49.2 Å². The van der Waals surface area contributed by atoms with Crippen molar-refractivity contribution in [1.82, 2.24) is 9.80 Å². The SMILES string of the molecule is CN1CCOC(CN2Cc3cccc(N)c3C2)C1. The fourth-order valence-electron chi connectivity index (χ4n) is 2.91. The topological polar surface area (TPSA) is 41.7 Å². The molecule has 0 radical (unpaired) electrons.